The van der Waals surface area contributed by atoms with Crippen molar-refractivity contribution in [1.82, 2.24) is 19.4 Å². The van der Waals surface area contributed by atoms with Gasteiger partial charge in [0.05, 0.1) is 11.4 Å². The quantitative estimate of drug-likeness (QED) is 0.810. The number of hydrogen-bond donors (Lipinski definition) is 2. The molecule has 21 heavy (non-hydrogen) atoms. The van der Waals surface area contributed by atoms with Gasteiger partial charge in [0.15, 0.2) is 0 Å². The summed E-state index contributed by atoms with van der Waals surface area (Å²) in [6, 6.07) is 0.0167. The first-order valence-electron chi connectivity index (χ1n) is 7.44. The molecule has 1 saturated heterocycles. The molecule has 0 amide bonds. The number of aromatic nitrogens is 2. The van der Waals surface area contributed by atoms with Gasteiger partial charge in [0.2, 0.25) is 0 Å². The fourth-order valence-corrected chi connectivity index (χ4v) is 4.32. The minimum Gasteiger partial charge on any atom is -0.318 e. The number of aryl methyl sites for hydroxylation is 2. The predicted octanol–water partition coefficient (Wildman–Crippen LogP) is 0.713. The van der Waals surface area contributed by atoms with Crippen molar-refractivity contribution in [2.45, 2.75) is 38.6 Å². The normalized spacial score (nSPS) is 20.6. The zero-order chi connectivity index (χ0) is 15.5. The van der Waals surface area contributed by atoms with Crippen molar-refractivity contribution in [2.24, 2.45) is 7.05 Å². The maximum absolute atomic E-state index is 12.7. The SMILES string of the molecule is CCc1nn(C)cc1NS(=O)(=O)N1CCCCC1CNC. The summed E-state index contributed by atoms with van der Waals surface area (Å²) in [4.78, 5) is 0. The van der Waals surface area contributed by atoms with Crippen molar-refractivity contribution < 1.29 is 8.42 Å². The Balaban J connectivity index is 2.19. The first-order chi connectivity index (χ1) is 9.97. The van der Waals surface area contributed by atoms with Crippen molar-refractivity contribution >= 4 is 15.9 Å². The van der Waals surface area contributed by atoms with Crippen molar-refractivity contribution in [3.05, 3.63) is 11.9 Å². The third-order valence-corrected chi connectivity index (χ3v) is 5.38. The van der Waals surface area contributed by atoms with Gasteiger partial charge in [-0.25, -0.2) is 0 Å². The average Bonchev–Trinajstić information content (AvgIpc) is 2.79. The highest BCUT2D eigenvalue weighted by Gasteiger charge is 2.32. The van der Waals surface area contributed by atoms with Gasteiger partial charge in [-0.05, 0) is 26.3 Å². The second kappa shape index (κ2) is 6.76. The number of rotatable bonds is 6. The van der Waals surface area contributed by atoms with E-state index in [4.69, 9.17) is 0 Å². The maximum Gasteiger partial charge on any atom is 0.302 e. The lowest BCUT2D eigenvalue weighted by atomic mass is 10.1. The lowest BCUT2D eigenvalue weighted by Gasteiger charge is -2.34. The smallest absolute Gasteiger partial charge is 0.302 e. The molecule has 8 heteroatoms. The molecule has 1 aliphatic heterocycles. The summed E-state index contributed by atoms with van der Waals surface area (Å²) in [6.45, 7) is 3.21. The molecule has 0 spiro atoms. The van der Waals surface area contributed by atoms with E-state index in [2.05, 4.69) is 15.1 Å². The molecule has 7 nitrogen and oxygen atoms in total. The first-order valence-corrected chi connectivity index (χ1v) is 8.88. The Morgan fingerprint density at radius 2 is 2.19 bits per heavy atom. The van der Waals surface area contributed by atoms with Crippen molar-refractivity contribution in [3.8, 4) is 0 Å². The van der Waals surface area contributed by atoms with Crippen molar-refractivity contribution in [2.75, 3.05) is 24.9 Å². The largest absolute Gasteiger partial charge is 0.318 e. The zero-order valence-electron chi connectivity index (χ0n) is 13.0. The average molecular weight is 315 g/mol. The number of likely N-dealkylation sites (N-methyl/N-ethyl adjacent to an activating group) is 1. The van der Waals surface area contributed by atoms with Gasteiger partial charge in [0.25, 0.3) is 0 Å². The third-order valence-electron chi connectivity index (χ3n) is 3.80. The van der Waals surface area contributed by atoms with Crippen LogP contribution in [0.25, 0.3) is 0 Å². The van der Waals surface area contributed by atoms with Crippen LogP contribution in [-0.2, 0) is 23.7 Å². The van der Waals surface area contributed by atoms with Gasteiger partial charge in [-0.2, -0.15) is 17.8 Å². The molecule has 120 valence electrons. The number of piperidine rings is 1. The van der Waals surface area contributed by atoms with Crippen LogP contribution in [0.2, 0.25) is 0 Å². The molecule has 0 aromatic carbocycles. The van der Waals surface area contributed by atoms with Gasteiger partial charge >= 0.3 is 10.2 Å². The molecular formula is C13H25N5O2S. The Labute approximate surface area is 126 Å². The predicted molar refractivity (Wildman–Crippen MR) is 83.4 cm³/mol. The van der Waals surface area contributed by atoms with E-state index < -0.39 is 10.2 Å². The Morgan fingerprint density at radius 1 is 1.43 bits per heavy atom. The zero-order valence-corrected chi connectivity index (χ0v) is 13.8. The second-order valence-corrected chi connectivity index (χ2v) is 7.07. The molecule has 0 saturated carbocycles. The van der Waals surface area contributed by atoms with E-state index in [0.29, 0.717) is 25.2 Å². The van der Waals surface area contributed by atoms with E-state index in [1.165, 1.54) is 0 Å². The Morgan fingerprint density at radius 3 is 2.86 bits per heavy atom. The van der Waals surface area contributed by atoms with Gasteiger partial charge in [0, 0.05) is 32.4 Å². The van der Waals surface area contributed by atoms with Crippen LogP contribution in [0, 0.1) is 0 Å². The van der Waals surface area contributed by atoms with E-state index in [1.54, 1.807) is 22.2 Å². The molecule has 0 radical (unpaired) electrons. The summed E-state index contributed by atoms with van der Waals surface area (Å²) in [5.74, 6) is 0. The Kier molecular flexibility index (Phi) is 5.23. The molecule has 2 rings (SSSR count). The van der Waals surface area contributed by atoms with E-state index in [0.717, 1.165) is 25.0 Å². The highest BCUT2D eigenvalue weighted by molar-refractivity contribution is 7.90. The molecule has 2 N–H and O–H groups in total. The lowest BCUT2D eigenvalue weighted by Crippen LogP contribution is -2.49. The molecule has 2 heterocycles. The molecule has 0 bridgehead atoms. The van der Waals surface area contributed by atoms with Gasteiger partial charge in [0.1, 0.15) is 0 Å². The van der Waals surface area contributed by atoms with Crippen LogP contribution in [0.4, 0.5) is 5.69 Å². The fourth-order valence-electron chi connectivity index (χ4n) is 2.81. The van der Waals surface area contributed by atoms with Gasteiger partial charge in [-0.1, -0.05) is 13.3 Å². The molecule has 1 fully saturated rings. The summed E-state index contributed by atoms with van der Waals surface area (Å²) in [6.07, 6.45) is 5.29. The van der Waals surface area contributed by atoms with Crippen LogP contribution in [0.15, 0.2) is 6.20 Å². The van der Waals surface area contributed by atoms with Crippen LogP contribution in [0.1, 0.15) is 31.9 Å². The molecule has 1 atom stereocenters. The third kappa shape index (κ3) is 3.75. The summed E-state index contributed by atoms with van der Waals surface area (Å²) in [7, 11) is 0.107. The van der Waals surface area contributed by atoms with E-state index in [1.807, 2.05) is 14.0 Å². The van der Waals surface area contributed by atoms with E-state index in [9.17, 15) is 8.42 Å². The first kappa shape index (κ1) is 16.3. The number of nitrogens with one attached hydrogen (secondary N) is 2. The minimum atomic E-state index is -3.54. The monoisotopic (exact) mass is 315 g/mol. The van der Waals surface area contributed by atoms with Gasteiger partial charge in [-0.3, -0.25) is 9.40 Å². The highest BCUT2D eigenvalue weighted by Crippen LogP contribution is 2.23. The molecule has 0 aliphatic carbocycles. The molecule has 1 aromatic heterocycles. The summed E-state index contributed by atoms with van der Waals surface area (Å²) in [5.41, 5.74) is 1.34. The Bertz CT molecular complexity index is 567. The summed E-state index contributed by atoms with van der Waals surface area (Å²) in [5, 5.41) is 7.35. The van der Waals surface area contributed by atoms with Crippen LogP contribution in [0.5, 0.6) is 0 Å². The lowest BCUT2D eigenvalue weighted by molar-refractivity contribution is 0.250. The summed E-state index contributed by atoms with van der Waals surface area (Å²) >= 11 is 0. The summed E-state index contributed by atoms with van der Waals surface area (Å²) < 4.78 is 31.3. The maximum atomic E-state index is 12.7. The van der Waals surface area contributed by atoms with Gasteiger partial charge < -0.3 is 5.32 Å². The topological polar surface area (TPSA) is 79.3 Å². The van der Waals surface area contributed by atoms with Crippen LogP contribution in [0.3, 0.4) is 0 Å². The highest BCUT2D eigenvalue weighted by atomic mass is 32.2. The fraction of sp³-hybridized carbons (Fsp3) is 0.769. The number of anilines is 1. The van der Waals surface area contributed by atoms with Crippen LogP contribution < -0.4 is 10.0 Å². The second-order valence-electron chi connectivity index (χ2n) is 5.44. The standard InChI is InChI=1S/C13H25N5O2S/c1-4-12-13(10-17(3)15-12)16-21(19,20)18-8-6-5-7-11(18)9-14-2/h10-11,14,16H,4-9H2,1-3H3. The van der Waals surface area contributed by atoms with Gasteiger partial charge in [-0.15, -0.1) is 0 Å². The van der Waals surface area contributed by atoms with Crippen molar-refractivity contribution in [3.63, 3.8) is 0 Å². The van der Waals surface area contributed by atoms with Crippen LogP contribution >= 0.6 is 0 Å². The Hall–Kier alpha value is -1.12. The number of hydrogen-bond acceptors (Lipinski definition) is 4. The number of nitrogens with zero attached hydrogens (tertiary/aromatic N) is 3. The van der Waals surface area contributed by atoms with E-state index in [-0.39, 0.29) is 6.04 Å². The van der Waals surface area contributed by atoms with Crippen LogP contribution in [-0.4, -0.2) is 48.7 Å². The molecule has 1 aliphatic rings. The molecule has 1 unspecified atom stereocenters. The minimum absolute atomic E-state index is 0.0167. The molecular weight excluding hydrogens is 290 g/mol. The van der Waals surface area contributed by atoms with Crippen molar-refractivity contribution in [1.29, 1.82) is 0 Å². The molecule has 1 aromatic rings. The van der Waals surface area contributed by atoms with E-state index >= 15 is 0 Å².